The van der Waals surface area contributed by atoms with Crippen LogP contribution in [-0.2, 0) is 0 Å². The molecule has 0 N–H and O–H groups in total. The number of rotatable bonds is 2. The largest absolute Gasteiger partial charge is 0.392 e. The van der Waals surface area contributed by atoms with Crippen LogP contribution in [0.2, 0.25) is 0 Å². The zero-order valence-electron chi connectivity index (χ0n) is 7.08. The molecule has 0 spiro atoms. The molecule has 0 atom stereocenters. The van der Waals surface area contributed by atoms with Crippen LogP contribution in [0.5, 0.6) is 0 Å². The molecule has 1 aliphatic rings. The Labute approximate surface area is 82.2 Å². The molecular formula is C5H3F9N2. The third-order valence-electron chi connectivity index (χ3n) is 1.93. The van der Waals surface area contributed by atoms with Crippen molar-refractivity contribution in [1.82, 2.24) is 9.80 Å². The highest BCUT2D eigenvalue weighted by molar-refractivity contribution is 4.97. The molecule has 0 aromatic carbocycles. The summed E-state index contributed by atoms with van der Waals surface area (Å²) in [5.41, 5.74) is 0. The summed E-state index contributed by atoms with van der Waals surface area (Å²) in [4.78, 5) is -4.27. The molecule has 0 bridgehead atoms. The highest BCUT2D eigenvalue weighted by Crippen LogP contribution is 2.55. The van der Waals surface area contributed by atoms with E-state index in [0.717, 1.165) is 0 Å². The minimum absolute atomic E-state index is 1.94. The van der Waals surface area contributed by atoms with E-state index in [1.54, 1.807) is 0 Å². The first kappa shape index (κ1) is 13.4. The lowest BCUT2D eigenvalue weighted by Gasteiger charge is -2.26. The minimum atomic E-state index is -5.88. The lowest BCUT2D eigenvalue weighted by atomic mass is 10.4. The van der Waals surface area contributed by atoms with Crippen LogP contribution < -0.4 is 0 Å². The molecule has 0 radical (unpaired) electrons. The van der Waals surface area contributed by atoms with Crippen LogP contribution in [0.15, 0.2) is 0 Å². The average molecular weight is 262 g/mol. The smallest absolute Gasteiger partial charge is 0.233 e. The molecule has 16 heavy (non-hydrogen) atoms. The molecule has 11 heteroatoms. The van der Waals surface area contributed by atoms with Crippen LogP contribution >= 0.6 is 0 Å². The second-order valence-electron chi connectivity index (χ2n) is 2.79. The van der Waals surface area contributed by atoms with E-state index in [4.69, 9.17) is 0 Å². The normalized spacial score (nSPS) is 28.9. The van der Waals surface area contributed by atoms with Gasteiger partial charge in [0.15, 0.2) is 6.80 Å². The fourth-order valence-corrected chi connectivity index (χ4v) is 1.16. The maximum Gasteiger partial charge on any atom is 0.392 e. The third kappa shape index (κ3) is 1.37. The van der Waals surface area contributed by atoms with Gasteiger partial charge >= 0.3 is 24.8 Å². The van der Waals surface area contributed by atoms with E-state index in [0.29, 0.717) is 0 Å². The Bertz CT molecular complexity index is 277. The summed E-state index contributed by atoms with van der Waals surface area (Å²) in [5, 5.41) is 0. The predicted octanol–water partition coefficient (Wildman–Crippen LogP) is 2.49. The third-order valence-corrected chi connectivity index (χ3v) is 1.93. The first-order valence-corrected chi connectivity index (χ1v) is 3.56. The summed E-state index contributed by atoms with van der Waals surface area (Å²) < 4.78 is 111. The molecule has 0 aromatic heterocycles. The van der Waals surface area contributed by atoms with E-state index < -0.39 is 41.4 Å². The van der Waals surface area contributed by atoms with Crippen molar-refractivity contribution < 1.29 is 39.5 Å². The molecule has 0 aromatic rings. The van der Waals surface area contributed by atoms with Crippen LogP contribution in [-0.4, -0.2) is 41.4 Å². The first-order valence-electron chi connectivity index (χ1n) is 3.56. The maximum atomic E-state index is 12.7. The van der Waals surface area contributed by atoms with Gasteiger partial charge in [0.2, 0.25) is 0 Å². The van der Waals surface area contributed by atoms with Crippen molar-refractivity contribution in [3.8, 4) is 0 Å². The van der Waals surface area contributed by atoms with Crippen molar-refractivity contribution in [3.05, 3.63) is 0 Å². The quantitative estimate of drug-likeness (QED) is 0.557. The van der Waals surface area contributed by atoms with Crippen LogP contribution in [0.4, 0.5) is 39.5 Å². The van der Waals surface area contributed by atoms with Crippen molar-refractivity contribution in [3.63, 3.8) is 0 Å². The summed E-state index contributed by atoms with van der Waals surface area (Å²) in [5.74, 6) is 0. The van der Waals surface area contributed by atoms with Crippen LogP contribution in [0.25, 0.3) is 0 Å². The standard InChI is InChI=1S/C5H3F9N2/c6-1-15-3(9,10)4(11,12)16(2(7)8)5(15,13)14/h2H,1H2. The number of alkyl halides is 9. The van der Waals surface area contributed by atoms with E-state index in [1.807, 2.05) is 0 Å². The van der Waals surface area contributed by atoms with Gasteiger partial charge in [0.05, 0.1) is 0 Å². The van der Waals surface area contributed by atoms with Crippen molar-refractivity contribution in [2.75, 3.05) is 6.80 Å². The summed E-state index contributed by atoms with van der Waals surface area (Å²) >= 11 is 0. The van der Waals surface area contributed by atoms with Crippen molar-refractivity contribution >= 4 is 0 Å². The van der Waals surface area contributed by atoms with Gasteiger partial charge in [0.25, 0.3) is 0 Å². The Kier molecular flexibility index (Phi) is 2.83. The number of hydrogen-bond donors (Lipinski definition) is 0. The van der Waals surface area contributed by atoms with Gasteiger partial charge in [-0.3, -0.25) is 0 Å². The van der Waals surface area contributed by atoms with E-state index in [-0.39, 0.29) is 0 Å². The van der Waals surface area contributed by atoms with Gasteiger partial charge in [-0.15, -0.1) is 9.80 Å². The molecule has 1 heterocycles. The predicted molar refractivity (Wildman–Crippen MR) is 30.5 cm³/mol. The summed E-state index contributed by atoms with van der Waals surface area (Å²) in [6.45, 7) is -7.29. The molecule has 2 nitrogen and oxygen atoms in total. The van der Waals surface area contributed by atoms with Gasteiger partial charge in [-0.25, -0.2) is 4.39 Å². The van der Waals surface area contributed by atoms with Gasteiger partial charge in [-0.2, -0.15) is 35.1 Å². The SMILES string of the molecule is FCN1C(F)(F)N(C(F)F)C(F)(F)C1(F)F. The lowest BCUT2D eigenvalue weighted by Crippen LogP contribution is -2.52. The summed E-state index contributed by atoms with van der Waals surface area (Å²) in [7, 11) is 0. The van der Waals surface area contributed by atoms with Gasteiger partial charge in [-0.1, -0.05) is 0 Å². The number of hydrogen-bond acceptors (Lipinski definition) is 2. The molecule has 0 saturated carbocycles. The number of nitrogens with zero attached hydrogens (tertiary/aromatic N) is 2. The Morgan fingerprint density at radius 2 is 1.31 bits per heavy atom. The van der Waals surface area contributed by atoms with E-state index in [9.17, 15) is 39.5 Å². The van der Waals surface area contributed by atoms with Gasteiger partial charge < -0.3 is 0 Å². The van der Waals surface area contributed by atoms with E-state index in [1.165, 1.54) is 0 Å². The second-order valence-corrected chi connectivity index (χ2v) is 2.79. The maximum absolute atomic E-state index is 12.7. The fraction of sp³-hybridized carbons (Fsp3) is 1.00. The monoisotopic (exact) mass is 262 g/mol. The number of halogens is 9. The Hall–Kier alpha value is -0.710. The van der Waals surface area contributed by atoms with Gasteiger partial charge in [0.1, 0.15) is 0 Å². The molecule has 0 unspecified atom stereocenters. The zero-order chi connectivity index (χ0) is 12.9. The minimum Gasteiger partial charge on any atom is -0.233 e. The van der Waals surface area contributed by atoms with Crippen molar-refractivity contribution in [2.24, 2.45) is 0 Å². The molecule has 1 saturated heterocycles. The van der Waals surface area contributed by atoms with Gasteiger partial charge in [-0.05, 0) is 0 Å². The van der Waals surface area contributed by atoms with Crippen molar-refractivity contribution in [1.29, 1.82) is 0 Å². The molecule has 0 amide bonds. The molecule has 96 valence electrons. The Balaban J connectivity index is 3.32. The fourth-order valence-electron chi connectivity index (χ4n) is 1.16. The Morgan fingerprint density at radius 1 is 0.875 bits per heavy atom. The molecule has 1 fully saturated rings. The van der Waals surface area contributed by atoms with E-state index >= 15 is 0 Å². The van der Waals surface area contributed by atoms with Crippen molar-refractivity contribution in [2.45, 2.75) is 24.8 Å². The van der Waals surface area contributed by atoms with Gasteiger partial charge in [0, 0.05) is 0 Å². The lowest BCUT2D eigenvalue weighted by molar-refractivity contribution is -0.321. The highest BCUT2D eigenvalue weighted by atomic mass is 19.3. The van der Waals surface area contributed by atoms with Crippen LogP contribution in [0.3, 0.4) is 0 Å². The first-order chi connectivity index (χ1) is 7.01. The van der Waals surface area contributed by atoms with Crippen LogP contribution in [0.1, 0.15) is 0 Å². The second kappa shape index (κ2) is 3.39. The molecule has 1 rings (SSSR count). The molecule has 0 aliphatic carbocycles. The average Bonchev–Trinajstić information content (AvgIpc) is 2.09. The highest BCUT2D eigenvalue weighted by Gasteiger charge is 2.83. The Morgan fingerprint density at radius 3 is 1.50 bits per heavy atom. The molecule has 1 aliphatic heterocycles. The summed E-state index contributed by atoms with van der Waals surface area (Å²) in [6.07, 6.45) is -5.49. The zero-order valence-corrected chi connectivity index (χ0v) is 7.08. The van der Waals surface area contributed by atoms with E-state index in [2.05, 4.69) is 0 Å². The summed E-state index contributed by atoms with van der Waals surface area (Å²) in [6, 6.07) is -11.6. The topological polar surface area (TPSA) is 6.48 Å². The van der Waals surface area contributed by atoms with Crippen LogP contribution in [0, 0.1) is 0 Å². The molecular weight excluding hydrogens is 259 g/mol.